The molecule has 5 nitrogen and oxygen atoms in total. The third kappa shape index (κ3) is 4.52. The Balaban J connectivity index is 1.64. The topological polar surface area (TPSA) is 63.8 Å². The maximum Gasteiger partial charge on any atom is 0.244 e. The van der Waals surface area contributed by atoms with Crippen LogP contribution in [0.25, 0.3) is 11.3 Å². The van der Waals surface area contributed by atoms with E-state index in [1.807, 2.05) is 30.3 Å². The van der Waals surface area contributed by atoms with Crippen molar-refractivity contribution in [2.75, 3.05) is 7.11 Å². The first-order valence-electron chi connectivity index (χ1n) is 7.95. The summed E-state index contributed by atoms with van der Waals surface area (Å²) in [6.45, 7) is 0. The molecule has 0 saturated carbocycles. The van der Waals surface area contributed by atoms with Gasteiger partial charge in [-0.25, -0.2) is 5.43 Å². The van der Waals surface area contributed by atoms with Gasteiger partial charge in [0.1, 0.15) is 17.3 Å². The summed E-state index contributed by atoms with van der Waals surface area (Å²) >= 11 is 6.04. The zero-order chi connectivity index (χ0) is 18.4. The van der Waals surface area contributed by atoms with E-state index in [0.717, 1.165) is 11.1 Å². The molecule has 0 unspecified atom stereocenters. The van der Waals surface area contributed by atoms with E-state index in [4.69, 9.17) is 20.8 Å². The van der Waals surface area contributed by atoms with Crippen LogP contribution in [-0.4, -0.2) is 19.2 Å². The summed E-state index contributed by atoms with van der Waals surface area (Å²) < 4.78 is 11.1. The van der Waals surface area contributed by atoms with Crippen molar-refractivity contribution in [1.82, 2.24) is 5.43 Å². The molecular formula is C20H17ClN2O3. The van der Waals surface area contributed by atoms with E-state index >= 15 is 0 Å². The largest absolute Gasteiger partial charge is 0.496 e. The number of amides is 1. The van der Waals surface area contributed by atoms with E-state index in [1.165, 1.54) is 6.21 Å². The van der Waals surface area contributed by atoms with Gasteiger partial charge in [0.05, 0.1) is 25.3 Å². The lowest BCUT2D eigenvalue weighted by atomic mass is 10.1. The number of methoxy groups -OCH3 is 1. The van der Waals surface area contributed by atoms with E-state index in [1.54, 1.807) is 37.4 Å². The fourth-order valence-corrected chi connectivity index (χ4v) is 2.60. The van der Waals surface area contributed by atoms with Crippen LogP contribution in [0.2, 0.25) is 5.02 Å². The molecule has 0 saturated heterocycles. The van der Waals surface area contributed by atoms with Crippen molar-refractivity contribution in [2.24, 2.45) is 5.10 Å². The molecular weight excluding hydrogens is 352 g/mol. The van der Waals surface area contributed by atoms with Gasteiger partial charge in [-0.2, -0.15) is 5.10 Å². The Morgan fingerprint density at radius 1 is 1.19 bits per heavy atom. The maximum absolute atomic E-state index is 11.9. The first-order chi connectivity index (χ1) is 12.7. The van der Waals surface area contributed by atoms with Crippen molar-refractivity contribution < 1.29 is 13.9 Å². The number of nitrogens with zero attached hydrogens (tertiary/aromatic N) is 1. The van der Waals surface area contributed by atoms with Crippen LogP contribution in [0.5, 0.6) is 5.75 Å². The molecule has 0 bridgehead atoms. The van der Waals surface area contributed by atoms with Crippen LogP contribution in [0.1, 0.15) is 11.3 Å². The van der Waals surface area contributed by atoms with Crippen molar-refractivity contribution in [3.8, 4) is 17.1 Å². The molecule has 0 aliphatic rings. The first-order valence-corrected chi connectivity index (χ1v) is 8.33. The summed E-state index contributed by atoms with van der Waals surface area (Å²) in [7, 11) is 1.58. The van der Waals surface area contributed by atoms with Crippen LogP contribution < -0.4 is 10.2 Å². The molecule has 0 fully saturated rings. The average molecular weight is 369 g/mol. The lowest BCUT2D eigenvalue weighted by Gasteiger charge is -2.06. The first kappa shape index (κ1) is 17.8. The fraction of sp³-hybridized carbons (Fsp3) is 0.100. The Hall–Kier alpha value is -3.05. The molecule has 3 rings (SSSR count). The van der Waals surface area contributed by atoms with Crippen molar-refractivity contribution in [1.29, 1.82) is 0 Å². The van der Waals surface area contributed by atoms with Gasteiger partial charge in [-0.15, -0.1) is 0 Å². The van der Waals surface area contributed by atoms with Gasteiger partial charge in [-0.05, 0) is 35.9 Å². The number of hydrogen-bond donors (Lipinski definition) is 1. The molecule has 0 atom stereocenters. The van der Waals surface area contributed by atoms with Crippen molar-refractivity contribution in [3.63, 3.8) is 0 Å². The molecule has 2 aromatic carbocycles. The summed E-state index contributed by atoms with van der Waals surface area (Å²) in [4.78, 5) is 11.9. The van der Waals surface area contributed by atoms with Gasteiger partial charge in [0.25, 0.3) is 0 Å². The number of benzene rings is 2. The van der Waals surface area contributed by atoms with Gasteiger partial charge in [0, 0.05) is 5.02 Å². The summed E-state index contributed by atoms with van der Waals surface area (Å²) in [5.41, 5.74) is 4.15. The Labute approximate surface area is 156 Å². The van der Waals surface area contributed by atoms with E-state index in [0.29, 0.717) is 22.3 Å². The summed E-state index contributed by atoms with van der Waals surface area (Å²) in [6.07, 6.45) is 1.71. The molecule has 3 aromatic rings. The average Bonchev–Trinajstić information content (AvgIpc) is 3.11. The molecule has 0 radical (unpaired) electrons. The molecule has 132 valence electrons. The Kier molecular flexibility index (Phi) is 5.71. The minimum Gasteiger partial charge on any atom is -0.496 e. The second-order valence-corrected chi connectivity index (χ2v) is 5.94. The van der Waals surface area contributed by atoms with Crippen LogP contribution >= 0.6 is 11.6 Å². The highest BCUT2D eigenvalue weighted by Gasteiger charge is 2.10. The predicted molar refractivity (Wildman–Crippen MR) is 102 cm³/mol. The Morgan fingerprint density at radius 3 is 2.77 bits per heavy atom. The van der Waals surface area contributed by atoms with Gasteiger partial charge in [0.2, 0.25) is 5.91 Å². The van der Waals surface area contributed by atoms with Crippen LogP contribution in [0.3, 0.4) is 0 Å². The van der Waals surface area contributed by atoms with Crippen LogP contribution in [0.15, 0.2) is 70.2 Å². The number of ether oxygens (including phenoxy) is 1. The standard InChI is InChI=1S/C20H17ClN2O3/c1-25-18-9-7-15(21)12-17(18)19-10-8-16(26-19)13-22-23-20(24)11-14-5-3-2-4-6-14/h2-10,12-13H,11H2,1H3,(H,23,24)/b22-13+. The monoisotopic (exact) mass is 368 g/mol. The number of hydrogen-bond acceptors (Lipinski definition) is 4. The smallest absolute Gasteiger partial charge is 0.244 e. The Bertz CT molecular complexity index is 920. The van der Waals surface area contributed by atoms with Crippen molar-refractivity contribution >= 4 is 23.7 Å². The highest BCUT2D eigenvalue weighted by atomic mass is 35.5. The zero-order valence-electron chi connectivity index (χ0n) is 14.1. The number of rotatable bonds is 6. The van der Waals surface area contributed by atoms with Gasteiger partial charge in [-0.3, -0.25) is 4.79 Å². The van der Waals surface area contributed by atoms with Gasteiger partial charge in [-0.1, -0.05) is 41.9 Å². The zero-order valence-corrected chi connectivity index (χ0v) is 14.9. The molecule has 0 aliphatic heterocycles. The summed E-state index contributed by atoms with van der Waals surface area (Å²) in [5, 5.41) is 4.51. The van der Waals surface area contributed by atoms with Crippen LogP contribution in [0, 0.1) is 0 Å². The molecule has 1 N–H and O–H groups in total. The summed E-state index contributed by atoms with van der Waals surface area (Å²) in [5.74, 6) is 1.56. The number of carbonyl (C=O) groups excluding carboxylic acids is 1. The van der Waals surface area contributed by atoms with Crippen molar-refractivity contribution in [2.45, 2.75) is 6.42 Å². The number of nitrogens with one attached hydrogen (secondary N) is 1. The second-order valence-electron chi connectivity index (χ2n) is 5.50. The third-order valence-electron chi connectivity index (χ3n) is 3.64. The van der Waals surface area contributed by atoms with Gasteiger partial charge >= 0.3 is 0 Å². The predicted octanol–water partition coefficient (Wildman–Crippen LogP) is 4.30. The number of hydrazone groups is 1. The minimum absolute atomic E-state index is 0.198. The van der Waals surface area contributed by atoms with E-state index in [-0.39, 0.29) is 12.3 Å². The highest BCUT2D eigenvalue weighted by molar-refractivity contribution is 6.30. The van der Waals surface area contributed by atoms with Gasteiger partial charge < -0.3 is 9.15 Å². The minimum atomic E-state index is -0.198. The van der Waals surface area contributed by atoms with Crippen LogP contribution in [-0.2, 0) is 11.2 Å². The quantitative estimate of drug-likeness (QED) is 0.521. The van der Waals surface area contributed by atoms with E-state index < -0.39 is 0 Å². The van der Waals surface area contributed by atoms with E-state index in [2.05, 4.69) is 10.5 Å². The third-order valence-corrected chi connectivity index (χ3v) is 3.88. The molecule has 1 aromatic heterocycles. The highest BCUT2D eigenvalue weighted by Crippen LogP contribution is 2.33. The normalized spacial score (nSPS) is 10.8. The van der Waals surface area contributed by atoms with E-state index in [9.17, 15) is 4.79 Å². The van der Waals surface area contributed by atoms with Crippen molar-refractivity contribution in [3.05, 3.63) is 77.0 Å². The number of furan rings is 1. The molecule has 6 heteroatoms. The SMILES string of the molecule is COc1ccc(Cl)cc1-c1ccc(/C=N/NC(=O)Cc2ccccc2)o1. The molecule has 0 spiro atoms. The maximum atomic E-state index is 11.9. The Morgan fingerprint density at radius 2 is 2.00 bits per heavy atom. The lowest BCUT2D eigenvalue weighted by Crippen LogP contribution is -2.19. The molecule has 1 amide bonds. The molecule has 26 heavy (non-hydrogen) atoms. The summed E-state index contributed by atoms with van der Waals surface area (Å²) in [6, 6.07) is 18.3. The number of carbonyl (C=O) groups is 1. The molecule has 0 aliphatic carbocycles. The number of halogens is 1. The molecule has 1 heterocycles. The second kappa shape index (κ2) is 8.36. The fourth-order valence-electron chi connectivity index (χ4n) is 2.43. The van der Waals surface area contributed by atoms with Crippen LogP contribution in [0.4, 0.5) is 0 Å². The lowest BCUT2D eigenvalue weighted by molar-refractivity contribution is -0.120. The van der Waals surface area contributed by atoms with Gasteiger partial charge in [0.15, 0.2) is 0 Å².